The first-order valence-corrected chi connectivity index (χ1v) is 14.7. The standard InChI is InChI=1S/C27H56N3OP/c1-10-11-12-13-14-15-16-17-18-19-20-27(21-28)22-31-32(29(23(2)3)24(4)5)30(25(6)7)26(8)9/h23-27H,10-20,22H2,1-9H3. The highest BCUT2D eigenvalue weighted by atomic mass is 31.2. The van der Waals surface area contributed by atoms with E-state index in [1.54, 1.807) is 0 Å². The lowest BCUT2D eigenvalue weighted by Crippen LogP contribution is -2.43. The molecule has 5 heteroatoms. The molecule has 0 aromatic heterocycles. The predicted molar refractivity (Wildman–Crippen MR) is 143 cm³/mol. The van der Waals surface area contributed by atoms with Gasteiger partial charge in [-0.15, -0.1) is 0 Å². The Hall–Kier alpha value is -0.200. The highest BCUT2D eigenvalue weighted by Crippen LogP contribution is 2.51. The van der Waals surface area contributed by atoms with Gasteiger partial charge in [0.25, 0.3) is 0 Å². The van der Waals surface area contributed by atoms with Crippen LogP contribution in [0.25, 0.3) is 0 Å². The predicted octanol–water partition coefficient (Wildman–Crippen LogP) is 8.92. The van der Waals surface area contributed by atoms with Crippen molar-refractivity contribution in [3.05, 3.63) is 0 Å². The molecule has 0 aromatic carbocycles. The van der Waals surface area contributed by atoms with Crippen LogP contribution in [0.3, 0.4) is 0 Å². The van der Waals surface area contributed by atoms with Crippen molar-refractivity contribution >= 4 is 8.45 Å². The Morgan fingerprint density at radius 3 is 1.38 bits per heavy atom. The Morgan fingerprint density at radius 1 is 0.656 bits per heavy atom. The van der Waals surface area contributed by atoms with Gasteiger partial charge in [0, 0.05) is 24.2 Å². The first kappa shape index (κ1) is 31.8. The second-order valence-corrected chi connectivity index (χ2v) is 12.2. The van der Waals surface area contributed by atoms with Gasteiger partial charge < -0.3 is 4.52 Å². The van der Waals surface area contributed by atoms with Crippen molar-refractivity contribution in [3.63, 3.8) is 0 Å². The van der Waals surface area contributed by atoms with Crippen LogP contribution < -0.4 is 0 Å². The summed E-state index contributed by atoms with van der Waals surface area (Å²) in [6.45, 7) is 20.8. The van der Waals surface area contributed by atoms with E-state index in [1.807, 2.05) is 0 Å². The molecule has 0 aliphatic rings. The fourth-order valence-corrected chi connectivity index (χ4v) is 6.85. The fourth-order valence-electron chi connectivity index (χ4n) is 4.46. The monoisotopic (exact) mass is 469 g/mol. The van der Waals surface area contributed by atoms with E-state index in [0.29, 0.717) is 30.8 Å². The second kappa shape index (κ2) is 19.1. The first-order chi connectivity index (χ1) is 15.2. The number of hydrogen-bond donors (Lipinski definition) is 0. The normalized spacial score (nSPS) is 13.5. The summed E-state index contributed by atoms with van der Waals surface area (Å²) in [4.78, 5) is 0. The van der Waals surface area contributed by atoms with Gasteiger partial charge in [0.2, 0.25) is 0 Å². The van der Waals surface area contributed by atoms with Gasteiger partial charge in [-0.25, -0.2) is 9.34 Å². The third kappa shape index (κ3) is 13.5. The molecule has 0 aromatic rings. The molecule has 0 heterocycles. The minimum absolute atomic E-state index is 0.00334. The number of unbranched alkanes of at least 4 members (excludes halogenated alkanes) is 9. The minimum atomic E-state index is -0.901. The molecule has 0 aliphatic heterocycles. The van der Waals surface area contributed by atoms with Crippen molar-refractivity contribution in [2.75, 3.05) is 6.61 Å². The molecule has 4 nitrogen and oxygen atoms in total. The van der Waals surface area contributed by atoms with Crippen molar-refractivity contribution < 1.29 is 4.52 Å². The highest BCUT2D eigenvalue weighted by Gasteiger charge is 2.34. The number of rotatable bonds is 20. The van der Waals surface area contributed by atoms with E-state index in [4.69, 9.17) is 4.52 Å². The van der Waals surface area contributed by atoms with Crippen LogP contribution in [0.2, 0.25) is 0 Å². The summed E-state index contributed by atoms with van der Waals surface area (Å²) in [7, 11) is -0.901. The van der Waals surface area contributed by atoms with Crippen LogP contribution in [0.5, 0.6) is 0 Å². The maximum absolute atomic E-state index is 9.75. The molecule has 1 unspecified atom stereocenters. The van der Waals surface area contributed by atoms with E-state index in [-0.39, 0.29) is 5.92 Å². The lowest BCUT2D eigenvalue weighted by Gasteiger charge is -2.45. The van der Waals surface area contributed by atoms with Crippen molar-refractivity contribution in [2.24, 2.45) is 5.92 Å². The lowest BCUT2D eigenvalue weighted by molar-refractivity contribution is 0.175. The molecule has 0 saturated carbocycles. The van der Waals surface area contributed by atoms with Crippen molar-refractivity contribution in [2.45, 2.75) is 157 Å². The van der Waals surface area contributed by atoms with Gasteiger partial charge in [0.1, 0.15) is 0 Å². The molecule has 0 bridgehead atoms. The third-order valence-electron chi connectivity index (χ3n) is 5.99. The Labute approximate surface area is 203 Å². The molecule has 190 valence electrons. The first-order valence-electron chi connectivity index (χ1n) is 13.6. The van der Waals surface area contributed by atoms with Gasteiger partial charge >= 0.3 is 0 Å². The van der Waals surface area contributed by atoms with Crippen LogP contribution in [0.1, 0.15) is 133 Å². The molecule has 0 N–H and O–H groups in total. The van der Waals surface area contributed by atoms with Crippen molar-refractivity contribution in [1.82, 2.24) is 9.34 Å². The van der Waals surface area contributed by atoms with E-state index in [2.05, 4.69) is 77.7 Å². The molecule has 0 spiro atoms. The zero-order chi connectivity index (χ0) is 24.5. The zero-order valence-corrected chi connectivity index (χ0v) is 24.0. The molecular formula is C27H56N3OP. The van der Waals surface area contributed by atoms with Crippen LogP contribution in [0.15, 0.2) is 0 Å². The number of hydrogen-bond acceptors (Lipinski definition) is 4. The van der Waals surface area contributed by atoms with Crippen LogP contribution in [0.4, 0.5) is 0 Å². The molecule has 0 rings (SSSR count). The Morgan fingerprint density at radius 2 is 1.03 bits per heavy atom. The maximum Gasteiger partial charge on any atom is 0.188 e. The molecule has 32 heavy (non-hydrogen) atoms. The van der Waals surface area contributed by atoms with Gasteiger partial charge in [-0.1, -0.05) is 71.1 Å². The summed E-state index contributed by atoms with van der Waals surface area (Å²) in [6, 6.07) is 4.16. The number of nitrogens with zero attached hydrogens (tertiary/aromatic N) is 3. The quantitative estimate of drug-likeness (QED) is 0.132. The Bertz CT molecular complexity index is 440. The Kier molecular flexibility index (Phi) is 19.0. The van der Waals surface area contributed by atoms with E-state index in [0.717, 1.165) is 12.8 Å². The molecule has 0 fully saturated rings. The maximum atomic E-state index is 9.75. The summed E-state index contributed by atoms with van der Waals surface area (Å²) >= 11 is 0. The number of nitriles is 1. The molecule has 0 amide bonds. The molecule has 0 saturated heterocycles. The fraction of sp³-hybridized carbons (Fsp3) is 0.963. The van der Waals surface area contributed by atoms with Gasteiger partial charge in [0.15, 0.2) is 8.45 Å². The SMILES string of the molecule is CCCCCCCCCCCCC(C#N)COP(N(C(C)C)C(C)C)N(C(C)C)C(C)C. The minimum Gasteiger partial charge on any atom is -0.330 e. The van der Waals surface area contributed by atoms with Gasteiger partial charge in [0.05, 0.1) is 18.6 Å². The van der Waals surface area contributed by atoms with Crippen LogP contribution in [-0.4, -0.2) is 40.1 Å². The molecule has 0 radical (unpaired) electrons. The summed E-state index contributed by atoms with van der Waals surface area (Å²) < 4.78 is 11.6. The van der Waals surface area contributed by atoms with E-state index in [1.165, 1.54) is 57.8 Å². The average molecular weight is 470 g/mol. The molecule has 1 atom stereocenters. The summed E-state index contributed by atoms with van der Waals surface area (Å²) in [5, 5.41) is 9.75. The van der Waals surface area contributed by atoms with E-state index in [9.17, 15) is 5.26 Å². The second-order valence-electron chi connectivity index (χ2n) is 10.5. The topological polar surface area (TPSA) is 39.5 Å². The largest absolute Gasteiger partial charge is 0.330 e. The highest BCUT2D eigenvalue weighted by molar-refractivity contribution is 7.47. The van der Waals surface area contributed by atoms with Gasteiger partial charge in [-0.2, -0.15) is 5.26 Å². The smallest absolute Gasteiger partial charge is 0.188 e. The molecular weight excluding hydrogens is 413 g/mol. The van der Waals surface area contributed by atoms with Crippen molar-refractivity contribution in [3.8, 4) is 6.07 Å². The van der Waals surface area contributed by atoms with Crippen LogP contribution >= 0.6 is 8.45 Å². The lowest BCUT2D eigenvalue weighted by atomic mass is 10.0. The third-order valence-corrected chi connectivity index (χ3v) is 9.01. The zero-order valence-electron chi connectivity index (χ0n) is 23.1. The van der Waals surface area contributed by atoms with E-state index < -0.39 is 8.45 Å². The van der Waals surface area contributed by atoms with Gasteiger partial charge in [-0.05, 0) is 61.8 Å². The van der Waals surface area contributed by atoms with Crippen LogP contribution in [-0.2, 0) is 4.52 Å². The summed E-state index contributed by atoms with van der Waals surface area (Å²) in [5.41, 5.74) is 0. The average Bonchev–Trinajstić information content (AvgIpc) is 2.70. The Balaban J connectivity index is 4.62. The van der Waals surface area contributed by atoms with Gasteiger partial charge in [-0.3, -0.25) is 0 Å². The summed E-state index contributed by atoms with van der Waals surface area (Å²) in [5.74, 6) is -0.00334. The molecule has 0 aliphatic carbocycles. The van der Waals surface area contributed by atoms with E-state index >= 15 is 0 Å². The van der Waals surface area contributed by atoms with Crippen molar-refractivity contribution in [1.29, 1.82) is 5.26 Å². The van der Waals surface area contributed by atoms with Crippen LogP contribution in [0, 0.1) is 17.2 Å². The summed E-state index contributed by atoms with van der Waals surface area (Å²) in [6.07, 6.45) is 14.3.